The number of hydrogen-bond donors (Lipinski definition) is 2. The Labute approximate surface area is 105 Å². The van der Waals surface area contributed by atoms with Gasteiger partial charge in [-0.2, -0.15) is 0 Å². The van der Waals surface area contributed by atoms with E-state index in [9.17, 15) is 4.79 Å². The lowest BCUT2D eigenvalue weighted by Crippen LogP contribution is -2.41. The number of likely N-dealkylation sites (tertiary alicyclic amines) is 1. The quantitative estimate of drug-likeness (QED) is 0.844. The fourth-order valence-corrected chi connectivity index (χ4v) is 2.92. The van der Waals surface area contributed by atoms with Crippen molar-refractivity contribution in [2.45, 2.75) is 32.2 Å². The van der Waals surface area contributed by atoms with Gasteiger partial charge in [-0.05, 0) is 26.2 Å². The summed E-state index contributed by atoms with van der Waals surface area (Å²) in [6.45, 7) is 2.92. The van der Waals surface area contributed by atoms with Crippen LogP contribution in [0.2, 0.25) is 0 Å². The lowest BCUT2D eigenvalue weighted by molar-refractivity contribution is 0.0641. The second kappa shape index (κ2) is 4.91. The van der Waals surface area contributed by atoms with Crippen molar-refractivity contribution >= 4 is 28.2 Å². The van der Waals surface area contributed by atoms with Crippen molar-refractivity contribution in [1.82, 2.24) is 9.88 Å². The molecule has 1 amide bonds. The third-order valence-electron chi connectivity index (χ3n) is 3.13. The Morgan fingerprint density at radius 2 is 2.35 bits per heavy atom. The molecule has 1 fully saturated rings. The molecule has 0 radical (unpaired) electrons. The molecule has 0 aromatic carbocycles. The van der Waals surface area contributed by atoms with Crippen LogP contribution in [0.15, 0.2) is 0 Å². The molecule has 1 atom stereocenters. The molecule has 0 aliphatic carbocycles. The Balaban J connectivity index is 2.20. The normalized spacial score (nSPS) is 20.4. The van der Waals surface area contributed by atoms with Crippen LogP contribution in [0.25, 0.3) is 0 Å². The van der Waals surface area contributed by atoms with E-state index >= 15 is 0 Å². The molecule has 5 nitrogen and oxygen atoms in total. The lowest BCUT2D eigenvalue weighted by Gasteiger charge is -2.33. The summed E-state index contributed by atoms with van der Waals surface area (Å²) >= 11 is 1.32. The molecule has 94 valence electrons. The smallest absolute Gasteiger partial charge is 0.268 e. The van der Waals surface area contributed by atoms with Crippen molar-refractivity contribution in [1.29, 1.82) is 0 Å². The molecule has 1 aliphatic rings. The van der Waals surface area contributed by atoms with Gasteiger partial charge in [0.15, 0.2) is 5.13 Å². The van der Waals surface area contributed by atoms with Gasteiger partial charge in [-0.3, -0.25) is 4.79 Å². The van der Waals surface area contributed by atoms with Crippen LogP contribution in [-0.4, -0.2) is 35.4 Å². The molecule has 6 heteroatoms. The molecule has 1 saturated heterocycles. The van der Waals surface area contributed by atoms with Crippen molar-refractivity contribution in [2.24, 2.45) is 0 Å². The summed E-state index contributed by atoms with van der Waals surface area (Å²) in [6.07, 6.45) is 3.35. The highest BCUT2D eigenvalue weighted by atomic mass is 32.1. The largest absolute Gasteiger partial charge is 0.382 e. The fourth-order valence-electron chi connectivity index (χ4n) is 2.12. The van der Waals surface area contributed by atoms with Crippen LogP contribution >= 0.6 is 11.3 Å². The minimum absolute atomic E-state index is 0.0219. The number of thiazole rings is 1. The zero-order valence-electron chi connectivity index (χ0n) is 10.2. The maximum atomic E-state index is 12.3. The maximum absolute atomic E-state index is 12.3. The monoisotopic (exact) mass is 254 g/mol. The van der Waals surface area contributed by atoms with Crippen LogP contribution < -0.4 is 11.1 Å². The molecule has 0 bridgehead atoms. The van der Waals surface area contributed by atoms with E-state index in [4.69, 9.17) is 5.73 Å². The number of nitrogen functional groups attached to an aromatic ring is 1. The SMILES string of the molecule is CNc1nc(N)c(C(=O)N2CCCCC2C)s1. The summed E-state index contributed by atoms with van der Waals surface area (Å²) < 4.78 is 0. The molecule has 1 aromatic rings. The van der Waals surface area contributed by atoms with Gasteiger partial charge in [0.05, 0.1) is 0 Å². The minimum Gasteiger partial charge on any atom is -0.382 e. The summed E-state index contributed by atoms with van der Waals surface area (Å²) in [5.74, 6) is 0.357. The Hall–Kier alpha value is -1.30. The molecular weight excluding hydrogens is 236 g/mol. The standard InChI is InChI=1S/C11H18N4OS/c1-7-5-3-4-6-15(7)10(16)8-9(12)14-11(13-2)17-8/h7H,3-6,12H2,1-2H3,(H,13,14). The van der Waals surface area contributed by atoms with Crippen LogP contribution in [0.3, 0.4) is 0 Å². The molecule has 0 saturated carbocycles. The number of nitrogens with two attached hydrogens (primary N) is 1. The van der Waals surface area contributed by atoms with Gasteiger partial charge in [-0.25, -0.2) is 4.98 Å². The average Bonchev–Trinajstić information content (AvgIpc) is 2.70. The number of hydrogen-bond acceptors (Lipinski definition) is 5. The molecule has 3 N–H and O–H groups in total. The van der Waals surface area contributed by atoms with Crippen LogP contribution in [-0.2, 0) is 0 Å². The van der Waals surface area contributed by atoms with E-state index in [1.54, 1.807) is 7.05 Å². The van der Waals surface area contributed by atoms with Crippen molar-refractivity contribution in [3.05, 3.63) is 4.88 Å². The van der Waals surface area contributed by atoms with E-state index in [1.165, 1.54) is 17.8 Å². The highest BCUT2D eigenvalue weighted by molar-refractivity contribution is 7.18. The van der Waals surface area contributed by atoms with Gasteiger partial charge in [-0.1, -0.05) is 11.3 Å². The Kier molecular flexibility index (Phi) is 3.51. The topological polar surface area (TPSA) is 71.2 Å². The maximum Gasteiger partial charge on any atom is 0.268 e. The van der Waals surface area contributed by atoms with Gasteiger partial charge in [0.1, 0.15) is 10.7 Å². The Bertz CT molecular complexity index is 418. The number of nitrogens with one attached hydrogen (secondary N) is 1. The summed E-state index contributed by atoms with van der Waals surface area (Å²) in [5.41, 5.74) is 5.78. The molecule has 1 unspecified atom stereocenters. The highest BCUT2D eigenvalue weighted by Gasteiger charge is 2.27. The van der Waals surface area contributed by atoms with Gasteiger partial charge < -0.3 is 16.0 Å². The summed E-state index contributed by atoms with van der Waals surface area (Å²) in [7, 11) is 1.77. The van der Waals surface area contributed by atoms with Crippen molar-refractivity contribution in [3.8, 4) is 0 Å². The van der Waals surface area contributed by atoms with Gasteiger partial charge in [0, 0.05) is 19.6 Å². The third-order valence-corrected chi connectivity index (χ3v) is 4.20. The third kappa shape index (κ3) is 2.36. The second-order valence-corrected chi connectivity index (χ2v) is 5.33. The summed E-state index contributed by atoms with van der Waals surface area (Å²) in [6, 6.07) is 0.302. The van der Waals surface area contributed by atoms with Crippen molar-refractivity contribution in [2.75, 3.05) is 24.6 Å². The zero-order chi connectivity index (χ0) is 12.4. The first-order valence-electron chi connectivity index (χ1n) is 5.88. The molecule has 1 aromatic heterocycles. The van der Waals surface area contributed by atoms with Gasteiger partial charge >= 0.3 is 0 Å². The van der Waals surface area contributed by atoms with Crippen LogP contribution in [0, 0.1) is 0 Å². The van der Waals surface area contributed by atoms with Crippen molar-refractivity contribution < 1.29 is 4.79 Å². The first-order valence-corrected chi connectivity index (χ1v) is 6.70. The van der Waals surface area contributed by atoms with Gasteiger partial charge in [0.2, 0.25) is 0 Å². The van der Waals surface area contributed by atoms with E-state index in [-0.39, 0.29) is 5.91 Å². The first kappa shape index (κ1) is 12.2. The molecule has 17 heavy (non-hydrogen) atoms. The van der Waals surface area contributed by atoms with Gasteiger partial charge in [0.25, 0.3) is 5.91 Å². The van der Waals surface area contributed by atoms with Crippen molar-refractivity contribution in [3.63, 3.8) is 0 Å². The van der Waals surface area contributed by atoms with Crippen LogP contribution in [0.1, 0.15) is 35.9 Å². The molecule has 1 aliphatic heterocycles. The Morgan fingerprint density at radius 3 is 2.94 bits per heavy atom. The molecule has 0 spiro atoms. The van der Waals surface area contributed by atoms with Crippen LogP contribution in [0.4, 0.5) is 10.9 Å². The van der Waals surface area contributed by atoms with E-state index in [0.29, 0.717) is 21.9 Å². The predicted octanol–water partition coefficient (Wildman–Crippen LogP) is 1.78. The van der Waals surface area contributed by atoms with Gasteiger partial charge in [-0.15, -0.1) is 0 Å². The van der Waals surface area contributed by atoms with E-state index in [2.05, 4.69) is 17.2 Å². The average molecular weight is 254 g/mol. The summed E-state index contributed by atoms with van der Waals surface area (Å²) in [5, 5.41) is 3.60. The first-order chi connectivity index (χ1) is 8.13. The number of piperidine rings is 1. The second-order valence-electron chi connectivity index (χ2n) is 4.33. The number of nitrogens with zero attached hydrogens (tertiary/aromatic N) is 2. The van der Waals surface area contributed by atoms with E-state index < -0.39 is 0 Å². The van der Waals surface area contributed by atoms with E-state index in [0.717, 1.165) is 19.4 Å². The van der Waals surface area contributed by atoms with Crippen LogP contribution in [0.5, 0.6) is 0 Å². The Morgan fingerprint density at radius 1 is 1.59 bits per heavy atom. The predicted molar refractivity (Wildman–Crippen MR) is 70.4 cm³/mol. The number of anilines is 2. The number of carbonyl (C=O) groups is 1. The molecular formula is C11H18N4OS. The molecule has 2 heterocycles. The fraction of sp³-hybridized carbons (Fsp3) is 0.636. The highest BCUT2D eigenvalue weighted by Crippen LogP contribution is 2.28. The molecule has 2 rings (SSSR count). The summed E-state index contributed by atoms with van der Waals surface area (Å²) in [4.78, 5) is 18.9. The lowest BCUT2D eigenvalue weighted by atomic mass is 10.0. The zero-order valence-corrected chi connectivity index (χ0v) is 11.0. The number of rotatable bonds is 2. The minimum atomic E-state index is 0.0219. The van der Waals surface area contributed by atoms with E-state index in [1.807, 2.05) is 4.90 Å². The number of carbonyl (C=O) groups excluding carboxylic acids is 1. The number of aromatic nitrogens is 1. The number of amides is 1.